The summed E-state index contributed by atoms with van der Waals surface area (Å²) in [5.74, 6) is 2.35. The molecular weight excluding hydrogens is 336 g/mol. The third kappa shape index (κ3) is 3.57. The zero-order valence-corrected chi connectivity index (χ0v) is 14.9. The molecule has 1 aromatic carbocycles. The second kappa shape index (κ2) is 5.92. The van der Waals surface area contributed by atoms with Gasteiger partial charge in [0.15, 0.2) is 15.6 Å². The summed E-state index contributed by atoms with van der Waals surface area (Å²) < 4.78 is 31.8. The van der Waals surface area contributed by atoms with Crippen molar-refractivity contribution in [2.45, 2.75) is 43.4 Å². The van der Waals surface area contributed by atoms with Crippen LogP contribution in [0.3, 0.4) is 0 Å². The molecule has 4 rings (SSSR count). The summed E-state index contributed by atoms with van der Waals surface area (Å²) >= 11 is 0. The first kappa shape index (κ1) is 16.2. The molecule has 0 spiro atoms. The number of aromatic nitrogens is 1. The standard InChI is InChI=1S/C19H20N2O3S/c1-25(22,23)12-21-11-17(14-4-5-14)19(18(21)15-6-7-15)24-16-8-2-13(10-20)3-9-16/h2-3,8-9,11,14-15H,4-7,12H2,1H3. The van der Waals surface area contributed by atoms with Crippen LogP contribution in [0.1, 0.15) is 54.3 Å². The second-order valence-corrected chi connectivity index (χ2v) is 9.22. The Morgan fingerprint density at radius 1 is 1.16 bits per heavy atom. The molecule has 0 bridgehead atoms. The molecule has 2 fully saturated rings. The molecular formula is C19H20N2O3S. The summed E-state index contributed by atoms with van der Waals surface area (Å²) in [5.41, 5.74) is 2.72. The summed E-state index contributed by atoms with van der Waals surface area (Å²) in [7, 11) is -3.12. The van der Waals surface area contributed by atoms with Gasteiger partial charge in [0.2, 0.25) is 0 Å². The number of sulfone groups is 1. The van der Waals surface area contributed by atoms with Gasteiger partial charge in [-0.2, -0.15) is 5.26 Å². The van der Waals surface area contributed by atoms with Crippen LogP contribution in [0, 0.1) is 11.3 Å². The first-order valence-corrected chi connectivity index (χ1v) is 10.6. The highest BCUT2D eigenvalue weighted by atomic mass is 32.2. The molecule has 25 heavy (non-hydrogen) atoms. The Balaban J connectivity index is 1.75. The summed E-state index contributed by atoms with van der Waals surface area (Å²) in [6.07, 6.45) is 7.63. The van der Waals surface area contributed by atoms with Crippen molar-refractivity contribution in [2.24, 2.45) is 0 Å². The van der Waals surface area contributed by atoms with Gasteiger partial charge < -0.3 is 9.30 Å². The van der Waals surface area contributed by atoms with Crippen LogP contribution in [0.5, 0.6) is 11.5 Å². The Morgan fingerprint density at radius 3 is 2.32 bits per heavy atom. The lowest BCUT2D eigenvalue weighted by Gasteiger charge is -2.12. The quantitative estimate of drug-likeness (QED) is 0.787. The topological polar surface area (TPSA) is 72.1 Å². The number of hydrogen-bond acceptors (Lipinski definition) is 4. The van der Waals surface area contributed by atoms with Crippen LogP contribution in [-0.4, -0.2) is 19.2 Å². The first-order valence-electron chi connectivity index (χ1n) is 8.53. The molecule has 2 saturated carbocycles. The highest BCUT2D eigenvalue weighted by Gasteiger charge is 2.37. The number of rotatable bonds is 6. The number of nitriles is 1. The van der Waals surface area contributed by atoms with E-state index >= 15 is 0 Å². The number of ether oxygens (including phenoxy) is 1. The Kier molecular flexibility index (Phi) is 3.84. The lowest BCUT2D eigenvalue weighted by atomic mass is 10.1. The van der Waals surface area contributed by atoms with Crippen LogP contribution in [0.15, 0.2) is 30.5 Å². The molecule has 130 valence electrons. The molecule has 2 aliphatic carbocycles. The van der Waals surface area contributed by atoms with E-state index < -0.39 is 9.84 Å². The van der Waals surface area contributed by atoms with E-state index in [1.807, 2.05) is 10.8 Å². The Bertz CT molecular complexity index is 944. The van der Waals surface area contributed by atoms with Crippen molar-refractivity contribution < 1.29 is 13.2 Å². The average molecular weight is 356 g/mol. The first-order chi connectivity index (χ1) is 11.9. The van der Waals surface area contributed by atoms with Crippen molar-refractivity contribution in [2.75, 3.05) is 6.26 Å². The summed E-state index contributed by atoms with van der Waals surface area (Å²) in [6, 6.07) is 9.15. The molecule has 0 radical (unpaired) electrons. The van der Waals surface area contributed by atoms with Crippen molar-refractivity contribution in [1.82, 2.24) is 4.57 Å². The van der Waals surface area contributed by atoms with Gasteiger partial charge in [-0.3, -0.25) is 0 Å². The van der Waals surface area contributed by atoms with Crippen molar-refractivity contribution in [3.05, 3.63) is 47.3 Å². The minimum atomic E-state index is -3.12. The van der Waals surface area contributed by atoms with Crippen LogP contribution in [0.25, 0.3) is 0 Å². The number of benzene rings is 1. The molecule has 1 heterocycles. The number of hydrogen-bond donors (Lipinski definition) is 0. The third-order valence-corrected chi connectivity index (χ3v) is 5.40. The molecule has 5 nitrogen and oxygen atoms in total. The Hall–Kier alpha value is -2.26. The minimum Gasteiger partial charge on any atom is -0.455 e. The molecule has 0 aliphatic heterocycles. The average Bonchev–Trinajstić information content (AvgIpc) is 3.46. The highest BCUT2D eigenvalue weighted by molar-refractivity contribution is 7.89. The Morgan fingerprint density at radius 2 is 1.80 bits per heavy atom. The van der Waals surface area contributed by atoms with E-state index in [1.54, 1.807) is 24.3 Å². The molecule has 1 aromatic heterocycles. The fraction of sp³-hybridized carbons (Fsp3) is 0.421. The monoisotopic (exact) mass is 356 g/mol. The van der Waals surface area contributed by atoms with Gasteiger partial charge in [0, 0.05) is 23.9 Å². The van der Waals surface area contributed by atoms with Crippen LogP contribution < -0.4 is 4.74 Å². The van der Waals surface area contributed by atoms with Crippen molar-refractivity contribution in [3.63, 3.8) is 0 Å². The van der Waals surface area contributed by atoms with Gasteiger partial charge in [0.05, 0.1) is 17.3 Å². The van der Waals surface area contributed by atoms with Gasteiger partial charge in [0.25, 0.3) is 0 Å². The summed E-state index contributed by atoms with van der Waals surface area (Å²) in [6.45, 7) is 0. The molecule has 2 aliphatic rings. The summed E-state index contributed by atoms with van der Waals surface area (Å²) in [4.78, 5) is 0. The smallest absolute Gasteiger partial charge is 0.165 e. The molecule has 6 heteroatoms. The second-order valence-electron chi connectivity index (χ2n) is 7.11. The van der Waals surface area contributed by atoms with E-state index in [-0.39, 0.29) is 5.88 Å². The van der Waals surface area contributed by atoms with E-state index in [0.717, 1.165) is 42.7 Å². The van der Waals surface area contributed by atoms with E-state index in [1.165, 1.54) is 6.26 Å². The van der Waals surface area contributed by atoms with Gasteiger partial charge in [-0.25, -0.2) is 8.42 Å². The number of nitrogens with zero attached hydrogens (tertiary/aromatic N) is 2. The maximum absolute atomic E-state index is 11.8. The zero-order chi connectivity index (χ0) is 17.6. The summed E-state index contributed by atoms with van der Waals surface area (Å²) in [5, 5.41) is 8.93. The third-order valence-electron chi connectivity index (χ3n) is 4.66. The van der Waals surface area contributed by atoms with Crippen molar-refractivity contribution >= 4 is 9.84 Å². The zero-order valence-electron chi connectivity index (χ0n) is 14.1. The lowest BCUT2D eigenvalue weighted by Crippen LogP contribution is -2.10. The van der Waals surface area contributed by atoms with Crippen LogP contribution >= 0.6 is 0 Å². The van der Waals surface area contributed by atoms with E-state index in [0.29, 0.717) is 23.1 Å². The lowest BCUT2D eigenvalue weighted by molar-refractivity contribution is 0.468. The van der Waals surface area contributed by atoms with E-state index in [2.05, 4.69) is 6.07 Å². The predicted octanol–water partition coefficient (Wildman–Crippen LogP) is 3.91. The van der Waals surface area contributed by atoms with E-state index in [4.69, 9.17) is 10.00 Å². The molecule has 0 saturated heterocycles. The SMILES string of the molecule is CS(=O)(=O)Cn1cc(C2CC2)c(Oc2ccc(C#N)cc2)c1C1CC1. The largest absolute Gasteiger partial charge is 0.455 e. The highest BCUT2D eigenvalue weighted by Crippen LogP contribution is 2.53. The van der Waals surface area contributed by atoms with Gasteiger partial charge in [0.1, 0.15) is 11.6 Å². The minimum absolute atomic E-state index is 0.00468. The predicted molar refractivity (Wildman–Crippen MR) is 94.5 cm³/mol. The normalized spacial score (nSPS) is 17.3. The van der Waals surface area contributed by atoms with E-state index in [9.17, 15) is 8.42 Å². The maximum Gasteiger partial charge on any atom is 0.165 e. The van der Waals surface area contributed by atoms with Crippen molar-refractivity contribution in [1.29, 1.82) is 5.26 Å². The molecule has 2 aromatic rings. The molecule has 0 N–H and O–H groups in total. The van der Waals surface area contributed by atoms with Gasteiger partial charge in [-0.15, -0.1) is 0 Å². The maximum atomic E-state index is 11.8. The molecule has 0 atom stereocenters. The molecule has 0 unspecified atom stereocenters. The Labute approximate surface area is 147 Å². The molecule has 0 amide bonds. The van der Waals surface area contributed by atoms with Gasteiger partial charge in [-0.05, 0) is 55.9 Å². The van der Waals surface area contributed by atoms with Crippen LogP contribution in [0.2, 0.25) is 0 Å². The van der Waals surface area contributed by atoms with Gasteiger partial charge >= 0.3 is 0 Å². The van der Waals surface area contributed by atoms with Crippen LogP contribution in [0.4, 0.5) is 0 Å². The van der Waals surface area contributed by atoms with Gasteiger partial charge in [-0.1, -0.05) is 0 Å². The fourth-order valence-electron chi connectivity index (χ4n) is 3.22. The fourth-order valence-corrected chi connectivity index (χ4v) is 3.94. The van der Waals surface area contributed by atoms with Crippen LogP contribution in [-0.2, 0) is 15.7 Å². The van der Waals surface area contributed by atoms with Crippen molar-refractivity contribution in [3.8, 4) is 17.6 Å².